The van der Waals surface area contributed by atoms with Gasteiger partial charge in [-0.3, -0.25) is 0 Å². The number of aromatic nitrogens is 1. The van der Waals surface area contributed by atoms with Crippen molar-refractivity contribution in [3.63, 3.8) is 0 Å². The normalized spacial score (nSPS) is 10.7. The molecule has 0 saturated heterocycles. The number of benzene rings is 1. The minimum atomic E-state index is 0.852. The lowest BCUT2D eigenvalue weighted by Crippen LogP contribution is -1.82. The highest BCUT2D eigenvalue weighted by atomic mass is 79.9. The smallest absolute Gasteiger partial charge is 0.118 e. The predicted molar refractivity (Wildman–Crippen MR) is 73.9 cm³/mol. The van der Waals surface area contributed by atoms with Gasteiger partial charge in [0.25, 0.3) is 0 Å². The number of methoxy groups -OCH3 is 1. The molecule has 0 fully saturated rings. The van der Waals surface area contributed by atoms with Crippen LogP contribution in [0.4, 0.5) is 0 Å². The highest BCUT2D eigenvalue weighted by molar-refractivity contribution is 9.10. The third-order valence-electron chi connectivity index (χ3n) is 2.36. The number of hydrogen-bond donors (Lipinski definition) is 0. The van der Waals surface area contributed by atoms with Crippen LogP contribution in [0.25, 0.3) is 12.2 Å². The van der Waals surface area contributed by atoms with E-state index < -0.39 is 0 Å². The van der Waals surface area contributed by atoms with E-state index in [1.807, 2.05) is 48.6 Å². The van der Waals surface area contributed by atoms with Gasteiger partial charge in [-0.15, -0.1) is 0 Å². The number of pyridine rings is 1. The van der Waals surface area contributed by atoms with Crippen molar-refractivity contribution in [3.05, 3.63) is 58.3 Å². The van der Waals surface area contributed by atoms with E-state index in [9.17, 15) is 0 Å². The van der Waals surface area contributed by atoms with Crippen LogP contribution in [0.2, 0.25) is 0 Å². The summed E-state index contributed by atoms with van der Waals surface area (Å²) in [6.45, 7) is 0. The van der Waals surface area contributed by atoms with Crippen LogP contribution in [0.5, 0.6) is 5.75 Å². The molecular weight excluding hydrogens is 278 g/mol. The second-order valence-corrected chi connectivity index (χ2v) is 4.24. The van der Waals surface area contributed by atoms with E-state index >= 15 is 0 Å². The second kappa shape index (κ2) is 5.64. The van der Waals surface area contributed by atoms with Gasteiger partial charge in [0, 0.05) is 11.8 Å². The molecule has 0 aliphatic carbocycles. The van der Waals surface area contributed by atoms with Crippen LogP contribution in [-0.2, 0) is 0 Å². The van der Waals surface area contributed by atoms with E-state index in [1.165, 1.54) is 0 Å². The Hall–Kier alpha value is -1.61. The summed E-state index contributed by atoms with van der Waals surface area (Å²) in [6.07, 6.45) is 5.83. The van der Waals surface area contributed by atoms with Gasteiger partial charge in [0.2, 0.25) is 0 Å². The summed E-state index contributed by atoms with van der Waals surface area (Å²) in [4.78, 5) is 4.16. The average molecular weight is 290 g/mol. The van der Waals surface area contributed by atoms with Gasteiger partial charge in [-0.25, -0.2) is 4.98 Å². The average Bonchev–Trinajstić information content (AvgIpc) is 2.38. The summed E-state index contributed by atoms with van der Waals surface area (Å²) in [6, 6.07) is 11.8. The molecule has 86 valence electrons. The van der Waals surface area contributed by atoms with Crippen molar-refractivity contribution in [2.75, 3.05) is 7.11 Å². The highest BCUT2D eigenvalue weighted by Gasteiger charge is 1.95. The second-order valence-electron chi connectivity index (χ2n) is 3.49. The standard InChI is InChI=1S/C14H12BrNO/c1-17-13-8-5-11(6-9-13)4-7-12-3-2-10-16-14(12)15/h2-10H,1H3/b7-4+. The zero-order valence-electron chi connectivity index (χ0n) is 9.43. The van der Waals surface area contributed by atoms with E-state index in [-0.39, 0.29) is 0 Å². The Balaban J connectivity index is 2.17. The first-order valence-corrected chi connectivity index (χ1v) is 6.01. The van der Waals surface area contributed by atoms with Crippen LogP contribution in [0.3, 0.4) is 0 Å². The first kappa shape index (κ1) is 11.9. The summed E-state index contributed by atoms with van der Waals surface area (Å²) in [5, 5.41) is 0. The van der Waals surface area contributed by atoms with Crippen molar-refractivity contribution < 1.29 is 4.74 Å². The molecule has 0 bridgehead atoms. The maximum absolute atomic E-state index is 5.11. The van der Waals surface area contributed by atoms with E-state index in [0.717, 1.165) is 21.5 Å². The Kier molecular flexibility index (Phi) is 3.94. The topological polar surface area (TPSA) is 22.1 Å². The third kappa shape index (κ3) is 3.17. The largest absolute Gasteiger partial charge is 0.497 e. The predicted octanol–water partition coefficient (Wildman–Crippen LogP) is 4.02. The number of rotatable bonds is 3. The molecule has 0 radical (unpaired) electrons. The fourth-order valence-electron chi connectivity index (χ4n) is 1.42. The summed E-state index contributed by atoms with van der Waals surface area (Å²) in [5.74, 6) is 0.865. The zero-order valence-corrected chi connectivity index (χ0v) is 11.0. The third-order valence-corrected chi connectivity index (χ3v) is 3.02. The van der Waals surface area contributed by atoms with Gasteiger partial charge in [0.15, 0.2) is 0 Å². The van der Waals surface area contributed by atoms with E-state index in [4.69, 9.17) is 4.74 Å². The van der Waals surface area contributed by atoms with Crippen LogP contribution in [0.1, 0.15) is 11.1 Å². The van der Waals surface area contributed by atoms with Crippen molar-refractivity contribution in [2.45, 2.75) is 0 Å². The fourth-order valence-corrected chi connectivity index (χ4v) is 1.81. The molecule has 17 heavy (non-hydrogen) atoms. The van der Waals surface area contributed by atoms with E-state index in [2.05, 4.69) is 20.9 Å². The number of ether oxygens (including phenoxy) is 1. The maximum atomic E-state index is 5.11. The highest BCUT2D eigenvalue weighted by Crippen LogP contribution is 2.17. The van der Waals surface area contributed by atoms with Gasteiger partial charge >= 0.3 is 0 Å². The number of halogens is 1. The molecule has 0 atom stereocenters. The van der Waals surface area contributed by atoms with Crippen LogP contribution in [0, 0.1) is 0 Å². The molecule has 2 aromatic rings. The minimum Gasteiger partial charge on any atom is -0.497 e. The Bertz CT molecular complexity index is 520. The molecule has 0 aliphatic heterocycles. The summed E-state index contributed by atoms with van der Waals surface area (Å²) < 4.78 is 5.96. The molecule has 2 nitrogen and oxygen atoms in total. The molecule has 0 amide bonds. The zero-order chi connectivity index (χ0) is 12.1. The number of hydrogen-bond acceptors (Lipinski definition) is 2. The molecule has 3 heteroatoms. The van der Waals surface area contributed by atoms with Crippen molar-refractivity contribution in [3.8, 4) is 5.75 Å². The minimum absolute atomic E-state index is 0.852. The van der Waals surface area contributed by atoms with Gasteiger partial charge < -0.3 is 4.74 Å². The molecule has 1 heterocycles. The molecule has 0 unspecified atom stereocenters. The summed E-state index contributed by atoms with van der Waals surface area (Å²) in [5.41, 5.74) is 2.19. The van der Waals surface area contributed by atoms with Gasteiger partial charge in [-0.1, -0.05) is 30.4 Å². The Labute approximate surface area is 109 Å². The summed E-state index contributed by atoms with van der Waals surface area (Å²) in [7, 11) is 1.66. The van der Waals surface area contributed by atoms with Crippen LogP contribution >= 0.6 is 15.9 Å². The molecule has 1 aromatic heterocycles. The van der Waals surface area contributed by atoms with Crippen molar-refractivity contribution in [1.29, 1.82) is 0 Å². The van der Waals surface area contributed by atoms with Crippen LogP contribution in [-0.4, -0.2) is 12.1 Å². The monoisotopic (exact) mass is 289 g/mol. The van der Waals surface area contributed by atoms with Gasteiger partial charge in [0.1, 0.15) is 10.4 Å². The van der Waals surface area contributed by atoms with E-state index in [0.29, 0.717) is 0 Å². The Morgan fingerprint density at radius 3 is 2.53 bits per heavy atom. The van der Waals surface area contributed by atoms with Crippen molar-refractivity contribution in [1.82, 2.24) is 4.98 Å². The van der Waals surface area contributed by atoms with Crippen molar-refractivity contribution >= 4 is 28.1 Å². The quantitative estimate of drug-likeness (QED) is 0.796. The molecular formula is C14H12BrNO. The molecule has 1 aromatic carbocycles. The van der Waals surface area contributed by atoms with Crippen LogP contribution in [0.15, 0.2) is 47.2 Å². The lowest BCUT2D eigenvalue weighted by atomic mass is 10.1. The van der Waals surface area contributed by atoms with Crippen LogP contribution < -0.4 is 4.74 Å². The first-order valence-electron chi connectivity index (χ1n) is 5.22. The van der Waals surface area contributed by atoms with Gasteiger partial charge in [-0.05, 0) is 39.7 Å². The SMILES string of the molecule is COc1ccc(/C=C/c2cccnc2Br)cc1. The Morgan fingerprint density at radius 2 is 1.88 bits per heavy atom. The molecule has 0 spiro atoms. The first-order chi connectivity index (χ1) is 8.29. The molecule has 0 saturated carbocycles. The fraction of sp³-hybridized carbons (Fsp3) is 0.0714. The molecule has 0 N–H and O–H groups in total. The lowest BCUT2D eigenvalue weighted by molar-refractivity contribution is 0.415. The van der Waals surface area contributed by atoms with E-state index in [1.54, 1.807) is 13.3 Å². The lowest BCUT2D eigenvalue weighted by Gasteiger charge is -1.99. The maximum Gasteiger partial charge on any atom is 0.118 e. The molecule has 2 rings (SSSR count). The number of nitrogens with zero attached hydrogens (tertiary/aromatic N) is 1. The van der Waals surface area contributed by atoms with Crippen molar-refractivity contribution in [2.24, 2.45) is 0 Å². The van der Waals surface area contributed by atoms with Gasteiger partial charge in [-0.2, -0.15) is 0 Å². The summed E-state index contributed by atoms with van der Waals surface area (Å²) >= 11 is 3.41. The Morgan fingerprint density at radius 1 is 1.12 bits per heavy atom. The molecule has 0 aliphatic rings. The van der Waals surface area contributed by atoms with Gasteiger partial charge in [0.05, 0.1) is 7.11 Å².